The smallest absolute Gasteiger partial charge is 0.408 e. The number of carboxylic acid groups (broad SMARTS) is 1. The Balaban J connectivity index is 3.77. The molecule has 198 valence electrons. The van der Waals surface area contributed by atoms with Gasteiger partial charge in [0.1, 0.15) is 12.2 Å². The maximum atomic E-state index is 12.3. The molecule has 1 aromatic carbocycles. The molecule has 0 aliphatic heterocycles. The molecule has 1 aromatic rings. The van der Waals surface area contributed by atoms with E-state index in [9.17, 15) is 23.1 Å². The molecule has 12 heteroatoms. The van der Waals surface area contributed by atoms with Crippen molar-refractivity contribution in [3.63, 3.8) is 0 Å². The number of benzene rings is 1. The van der Waals surface area contributed by atoms with Gasteiger partial charge >= 0.3 is 22.2 Å². The summed E-state index contributed by atoms with van der Waals surface area (Å²) in [6.45, 7) is 18.4. The number of nitrogens with one attached hydrogen (secondary N) is 1. The highest BCUT2D eigenvalue weighted by Crippen LogP contribution is 2.45. The van der Waals surface area contributed by atoms with Crippen molar-refractivity contribution in [2.45, 2.75) is 71.3 Å². The minimum Gasteiger partial charge on any atom is -0.541 e. The lowest BCUT2D eigenvalue weighted by molar-refractivity contribution is -0.139. The van der Waals surface area contributed by atoms with Gasteiger partial charge in [0.15, 0.2) is 17.5 Å². The minimum atomic E-state index is -4.03. The summed E-state index contributed by atoms with van der Waals surface area (Å²) in [6, 6.07) is 0.972. The van der Waals surface area contributed by atoms with Crippen LogP contribution >= 0.6 is 0 Å². The van der Waals surface area contributed by atoms with E-state index in [1.807, 2.05) is 33.9 Å². The second kappa shape index (κ2) is 10.9. The maximum Gasteiger partial charge on any atom is 0.408 e. The highest BCUT2D eigenvalue weighted by Gasteiger charge is 2.40. The van der Waals surface area contributed by atoms with Crippen LogP contribution in [0.25, 0.3) is 0 Å². The Kier molecular flexibility index (Phi) is 9.43. The van der Waals surface area contributed by atoms with E-state index in [1.54, 1.807) is 20.8 Å². The number of ether oxygens (including phenoxy) is 2. The van der Waals surface area contributed by atoms with E-state index in [0.29, 0.717) is 0 Å². The summed E-state index contributed by atoms with van der Waals surface area (Å²) in [5.41, 5.74) is -0.863. The third-order valence-corrected chi connectivity index (χ3v) is 9.87. The van der Waals surface area contributed by atoms with Crippen LogP contribution in [0.5, 0.6) is 17.2 Å². The quantitative estimate of drug-likeness (QED) is 0.251. The highest BCUT2D eigenvalue weighted by atomic mass is 32.2. The summed E-state index contributed by atoms with van der Waals surface area (Å²) in [6.07, 6.45) is 1.34. The van der Waals surface area contributed by atoms with Crippen LogP contribution in [0.2, 0.25) is 18.1 Å². The van der Waals surface area contributed by atoms with E-state index in [0.717, 1.165) is 6.26 Å². The SMILES string of the molecule is C=CCOc1c(O[Si](C)(C)C(C)(C)C)cc([C@@H](NC(=O)OC(C)(C)C)C(=O)O)cc1OS(C)(=O)=O. The fourth-order valence-corrected chi connectivity index (χ4v) is 3.95. The molecule has 0 spiro atoms. The highest BCUT2D eigenvalue weighted by molar-refractivity contribution is 7.86. The van der Waals surface area contributed by atoms with Gasteiger partial charge in [-0.1, -0.05) is 33.4 Å². The lowest BCUT2D eigenvalue weighted by Crippen LogP contribution is -2.44. The summed E-state index contributed by atoms with van der Waals surface area (Å²) in [5.74, 6) is -1.62. The summed E-state index contributed by atoms with van der Waals surface area (Å²) < 4.78 is 46.4. The van der Waals surface area contributed by atoms with Crippen molar-refractivity contribution in [1.29, 1.82) is 0 Å². The Morgan fingerprint density at radius 2 is 1.69 bits per heavy atom. The van der Waals surface area contributed by atoms with Crippen molar-refractivity contribution in [1.82, 2.24) is 5.32 Å². The molecular weight excluding hydrogens is 494 g/mol. The number of hydrogen-bond donors (Lipinski definition) is 2. The van der Waals surface area contributed by atoms with Crippen LogP contribution in [-0.2, 0) is 19.6 Å². The Morgan fingerprint density at radius 1 is 1.14 bits per heavy atom. The molecule has 0 bridgehead atoms. The lowest BCUT2D eigenvalue weighted by atomic mass is 10.1. The van der Waals surface area contributed by atoms with E-state index in [-0.39, 0.29) is 34.5 Å². The largest absolute Gasteiger partial charge is 0.541 e. The fourth-order valence-electron chi connectivity index (χ4n) is 2.49. The van der Waals surface area contributed by atoms with Crippen molar-refractivity contribution in [3.05, 3.63) is 30.4 Å². The van der Waals surface area contributed by atoms with Gasteiger partial charge in [0.2, 0.25) is 5.75 Å². The topological polar surface area (TPSA) is 137 Å². The fraction of sp³-hybridized carbons (Fsp3) is 0.565. The zero-order valence-electron chi connectivity index (χ0n) is 21.8. The maximum absolute atomic E-state index is 12.3. The van der Waals surface area contributed by atoms with Gasteiger partial charge in [-0.05, 0) is 56.6 Å². The van der Waals surface area contributed by atoms with E-state index in [2.05, 4.69) is 11.9 Å². The molecule has 0 saturated heterocycles. The first-order valence-electron chi connectivity index (χ1n) is 10.9. The Hall–Kier alpha value is -2.73. The van der Waals surface area contributed by atoms with Crippen LogP contribution in [0.4, 0.5) is 4.79 Å². The molecule has 1 amide bonds. The van der Waals surface area contributed by atoms with E-state index in [1.165, 1.54) is 18.2 Å². The van der Waals surface area contributed by atoms with Crippen molar-refractivity contribution < 1.29 is 41.2 Å². The first kappa shape index (κ1) is 30.3. The van der Waals surface area contributed by atoms with E-state index in [4.69, 9.17) is 18.1 Å². The molecule has 0 aliphatic rings. The van der Waals surface area contributed by atoms with Crippen LogP contribution in [0.15, 0.2) is 24.8 Å². The van der Waals surface area contributed by atoms with Gasteiger partial charge in [0.05, 0.1) is 6.26 Å². The normalized spacial score (nSPS) is 13.4. The molecule has 0 saturated carbocycles. The van der Waals surface area contributed by atoms with Crippen LogP contribution in [0.3, 0.4) is 0 Å². The zero-order chi connectivity index (χ0) is 27.4. The molecule has 0 aliphatic carbocycles. The molecule has 0 unspecified atom stereocenters. The van der Waals surface area contributed by atoms with Gasteiger partial charge in [-0.25, -0.2) is 9.59 Å². The van der Waals surface area contributed by atoms with Gasteiger partial charge in [-0.15, -0.1) is 0 Å². The summed E-state index contributed by atoms with van der Waals surface area (Å²) in [4.78, 5) is 24.4. The zero-order valence-corrected chi connectivity index (χ0v) is 23.7. The Bertz CT molecular complexity index is 1050. The Morgan fingerprint density at radius 3 is 2.11 bits per heavy atom. The summed E-state index contributed by atoms with van der Waals surface area (Å²) >= 11 is 0. The van der Waals surface area contributed by atoms with Crippen molar-refractivity contribution in [2.75, 3.05) is 12.9 Å². The third-order valence-electron chi connectivity index (χ3n) is 5.04. The molecule has 1 atom stereocenters. The van der Waals surface area contributed by atoms with Crippen molar-refractivity contribution >= 4 is 30.5 Å². The molecule has 35 heavy (non-hydrogen) atoms. The number of amides is 1. The molecule has 0 aromatic heterocycles. The lowest BCUT2D eigenvalue weighted by Gasteiger charge is -2.37. The standard InChI is InChI=1S/C23H37NO9SSi/c1-11-12-30-19-16(32-34(8,28)29)13-15(14-17(19)33-35(9,10)23(5,6)7)18(20(25)26)24-21(27)31-22(2,3)4/h11,13-14,18H,1,12H2,2-10H3,(H,24,27)(H,25,26)/t18-/m1/s1. The molecule has 0 heterocycles. The monoisotopic (exact) mass is 531 g/mol. The third kappa shape index (κ3) is 9.44. The van der Waals surface area contributed by atoms with Crippen LogP contribution in [-0.4, -0.2) is 52.4 Å². The average Bonchev–Trinajstić information content (AvgIpc) is 2.61. The minimum absolute atomic E-state index is 0.00155. The van der Waals surface area contributed by atoms with Gasteiger partial charge < -0.3 is 28.5 Å². The predicted octanol–water partition coefficient (Wildman–Crippen LogP) is 4.62. The predicted molar refractivity (Wildman–Crippen MR) is 135 cm³/mol. The van der Waals surface area contributed by atoms with Crippen LogP contribution in [0.1, 0.15) is 53.1 Å². The summed E-state index contributed by atoms with van der Waals surface area (Å²) in [7, 11) is -6.55. The number of hydrogen-bond acceptors (Lipinski definition) is 8. The van der Waals surface area contributed by atoms with Gasteiger partial charge in [0.25, 0.3) is 8.32 Å². The molecule has 2 N–H and O–H groups in total. The van der Waals surface area contributed by atoms with Crippen molar-refractivity contribution in [2.24, 2.45) is 0 Å². The average molecular weight is 532 g/mol. The second-order valence-electron chi connectivity index (χ2n) is 10.5. The molecule has 0 radical (unpaired) electrons. The number of carbonyl (C=O) groups excluding carboxylic acids is 1. The molecule has 0 fully saturated rings. The number of carboxylic acids is 1. The number of carbonyl (C=O) groups is 2. The van der Waals surface area contributed by atoms with Crippen LogP contribution in [0, 0.1) is 0 Å². The number of rotatable bonds is 10. The summed E-state index contributed by atoms with van der Waals surface area (Å²) in [5, 5.41) is 11.9. The Labute approximate surface area is 208 Å². The molecule has 10 nitrogen and oxygen atoms in total. The second-order valence-corrected chi connectivity index (χ2v) is 16.8. The first-order chi connectivity index (χ1) is 15.7. The molecular formula is C23H37NO9SSi. The van der Waals surface area contributed by atoms with E-state index < -0.39 is 42.1 Å². The number of alkyl carbamates (subject to hydrolysis) is 1. The van der Waals surface area contributed by atoms with Gasteiger partial charge in [0, 0.05) is 0 Å². The number of aliphatic carboxylic acids is 1. The van der Waals surface area contributed by atoms with Crippen molar-refractivity contribution in [3.8, 4) is 17.2 Å². The van der Waals surface area contributed by atoms with Gasteiger partial charge in [-0.2, -0.15) is 8.42 Å². The van der Waals surface area contributed by atoms with Crippen LogP contribution < -0.4 is 18.7 Å². The first-order valence-corrected chi connectivity index (χ1v) is 15.6. The van der Waals surface area contributed by atoms with Gasteiger partial charge in [-0.3, -0.25) is 0 Å². The van der Waals surface area contributed by atoms with E-state index >= 15 is 0 Å². The molecule has 1 rings (SSSR count).